The van der Waals surface area contributed by atoms with Crippen molar-refractivity contribution in [1.82, 2.24) is 0 Å². The highest BCUT2D eigenvalue weighted by atomic mass is 16.2. The Bertz CT molecular complexity index is 654. The fourth-order valence-corrected chi connectivity index (χ4v) is 1.94. The van der Waals surface area contributed by atoms with E-state index >= 15 is 0 Å². The fourth-order valence-electron chi connectivity index (χ4n) is 1.94. The Morgan fingerprint density at radius 3 is 2.45 bits per heavy atom. The highest BCUT2D eigenvalue weighted by Crippen LogP contribution is 2.25. The highest BCUT2D eigenvalue weighted by Gasteiger charge is 2.29. The highest BCUT2D eigenvalue weighted by molar-refractivity contribution is 5.98. The maximum absolute atomic E-state index is 12.4. The zero-order valence-electron chi connectivity index (χ0n) is 11.6. The maximum atomic E-state index is 12.4. The first-order chi connectivity index (χ1) is 9.54. The molecule has 3 heteroatoms. The topological polar surface area (TPSA) is 52.9 Å². The molecule has 3 nitrogen and oxygen atoms in total. The third-order valence-corrected chi connectivity index (χ3v) is 3.31. The van der Waals surface area contributed by atoms with E-state index in [9.17, 15) is 4.79 Å². The first-order valence-electron chi connectivity index (χ1n) is 6.41. The average molecular weight is 264 g/mol. The van der Waals surface area contributed by atoms with Gasteiger partial charge in [0.15, 0.2) is 0 Å². The summed E-state index contributed by atoms with van der Waals surface area (Å²) < 4.78 is 0. The van der Waals surface area contributed by atoms with Gasteiger partial charge >= 0.3 is 0 Å². The van der Waals surface area contributed by atoms with Crippen LogP contribution < -0.4 is 5.32 Å². The first-order valence-corrected chi connectivity index (χ1v) is 6.41. The van der Waals surface area contributed by atoms with Gasteiger partial charge in [-0.15, -0.1) is 0 Å². The van der Waals surface area contributed by atoms with Crippen molar-refractivity contribution in [3.63, 3.8) is 0 Å². The molecule has 0 aromatic heterocycles. The normalized spacial score (nSPS) is 10.7. The number of anilines is 1. The lowest BCUT2D eigenvalue weighted by molar-refractivity contribution is -0.120. The minimum Gasteiger partial charge on any atom is -0.325 e. The molecule has 2 rings (SSSR count). The van der Waals surface area contributed by atoms with Crippen LogP contribution in [0.15, 0.2) is 54.6 Å². The van der Waals surface area contributed by atoms with Crippen LogP contribution in [0, 0.1) is 11.3 Å². The van der Waals surface area contributed by atoms with Gasteiger partial charge in [-0.05, 0) is 37.6 Å². The number of nitrogens with zero attached hydrogens (tertiary/aromatic N) is 1. The zero-order valence-corrected chi connectivity index (χ0v) is 11.6. The SMILES string of the molecule is CC(C)(C(=O)Nc1cccc(C#N)c1)c1ccccc1. The molecule has 0 saturated carbocycles. The number of benzene rings is 2. The number of carbonyl (C=O) groups excluding carboxylic acids is 1. The predicted octanol–water partition coefficient (Wildman–Crippen LogP) is 3.47. The van der Waals surface area contributed by atoms with Gasteiger partial charge in [0.05, 0.1) is 17.0 Å². The zero-order chi connectivity index (χ0) is 14.6. The third-order valence-electron chi connectivity index (χ3n) is 3.31. The summed E-state index contributed by atoms with van der Waals surface area (Å²) in [6, 6.07) is 18.6. The summed E-state index contributed by atoms with van der Waals surface area (Å²) in [6.45, 7) is 3.76. The number of rotatable bonds is 3. The van der Waals surface area contributed by atoms with Gasteiger partial charge in [-0.1, -0.05) is 36.4 Å². The number of nitrogens with one attached hydrogen (secondary N) is 1. The Morgan fingerprint density at radius 2 is 1.80 bits per heavy atom. The second kappa shape index (κ2) is 5.58. The number of carbonyl (C=O) groups is 1. The van der Waals surface area contributed by atoms with Crippen LogP contribution in [0.4, 0.5) is 5.69 Å². The predicted molar refractivity (Wildman–Crippen MR) is 79.3 cm³/mol. The summed E-state index contributed by atoms with van der Waals surface area (Å²) >= 11 is 0. The summed E-state index contributed by atoms with van der Waals surface area (Å²) in [5.41, 5.74) is 1.48. The van der Waals surface area contributed by atoms with E-state index in [4.69, 9.17) is 5.26 Å². The van der Waals surface area contributed by atoms with E-state index in [1.54, 1.807) is 24.3 Å². The molecule has 100 valence electrons. The molecule has 0 fully saturated rings. The van der Waals surface area contributed by atoms with Gasteiger partial charge in [0.2, 0.25) is 5.91 Å². The van der Waals surface area contributed by atoms with Crippen LogP contribution in [-0.2, 0) is 10.2 Å². The molecular weight excluding hydrogens is 248 g/mol. The molecule has 0 aliphatic heterocycles. The Kier molecular flexibility index (Phi) is 3.86. The van der Waals surface area contributed by atoms with E-state index in [0.29, 0.717) is 11.3 Å². The molecule has 2 aromatic carbocycles. The average Bonchev–Trinajstić information content (AvgIpc) is 2.48. The molecule has 0 aliphatic carbocycles. The van der Waals surface area contributed by atoms with Crippen LogP contribution in [-0.4, -0.2) is 5.91 Å². The molecule has 0 saturated heterocycles. The third kappa shape index (κ3) is 2.86. The van der Waals surface area contributed by atoms with Crippen molar-refractivity contribution < 1.29 is 4.79 Å². The van der Waals surface area contributed by atoms with Gasteiger partial charge in [-0.3, -0.25) is 4.79 Å². The molecule has 2 aromatic rings. The van der Waals surface area contributed by atoms with Crippen molar-refractivity contribution in [2.24, 2.45) is 0 Å². The molecule has 0 unspecified atom stereocenters. The number of nitriles is 1. The van der Waals surface area contributed by atoms with E-state index < -0.39 is 5.41 Å². The lowest BCUT2D eigenvalue weighted by atomic mass is 9.83. The molecule has 0 radical (unpaired) electrons. The molecule has 0 spiro atoms. The van der Waals surface area contributed by atoms with Gasteiger partial charge in [-0.25, -0.2) is 0 Å². The van der Waals surface area contributed by atoms with Crippen molar-refractivity contribution in [1.29, 1.82) is 5.26 Å². The van der Waals surface area contributed by atoms with Gasteiger partial charge in [0.25, 0.3) is 0 Å². The Balaban J connectivity index is 2.21. The van der Waals surface area contributed by atoms with Crippen molar-refractivity contribution in [3.05, 3.63) is 65.7 Å². The molecule has 1 N–H and O–H groups in total. The monoisotopic (exact) mass is 264 g/mol. The summed E-state index contributed by atoms with van der Waals surface area (Å²) in [4.78, 5) is 12.4. The van der Waals surface area contributed by atoms with Crippen LogP contribution in [0.5, 0.6) is 0 Å². The quantitative estimate of drug-likeness (QED) is 0.922. The van der Waals surface area contributed by atoms with Gasteiger partial charge in [0, 0.05) is 5.69 Å². The molecule has 0 bridgehead atoms. The minimum absolute atomic E-state index is 0.0983. The minimum atomic E-state index is -0.635. The standard InChI is InChI=1S/C17H16N2O/c1-17(2,14-8-4-3-5-9-14)16(20)19-15-10-6-7-13(11-15)12-18/h3-11H,1-2H3,(H,19,20). The Labute approximate surface area is 118 Å². The van der Waals surface area contributed by atoms with E-state index in [-0.39, 0.29) is 5.91 Å². The van der Waals surface area contributed by atoms with E-state index in [2.05, 4.69) is 11.4 Å². The molecular formula is C17H16N2O. The van der Waals surface area contributed by atoms with Crippen LogP contribution in [0.3, 0.4) is 0 Å². The van der Waals surface area contributed by atoms with E-state index in [1.165, 1.54) is 0 Å². The Morgan fingerprint density at radius 1 is 1.10 bits per heavy atom. The number of amides is 1. The van der Waals surface area contributed by atoms with Crippen molar-refractivity contribution in [2.45, 2.75) is 19.3 Å². The lowest BCUT2D eigenvalue weighted by Crippen LogP contribution is -2.34. The maximum Gasteiger partial charge on any atom is 0.234 e. The second-order valence-corrected chi connectivity index (χ2v) is 5.14. The van der Waals surface area contributed by atoms with Crippen LogP contribution in [0.1, 0.15) is 25.0 Å². The van der Waals surface area contributed by atoms with Crippen LogP contribution in [0.25, 0.3) is 0 Å². The Hall–Kier alpha value is -2.60. The smallest absolute Gasteiger partial charge is 0.234 e. The lowest BCUT2D eigenvalue weighted by Gasteiger charge is -2.24. The summed E-state index contributed by atoms with van der Waals surface area (Å²) in [5.74, 6) is -0.0983. The molecule has 0 heterocycles. The largest absolute Gasteiger partial charge is 0.325 e. The van der Waals surface area contributed by atoms with Crippen LogP contribution >= 0.6 is 0 Å². The van der Waals surface area contributed by atoms with Crippen molar-refractivity contribution in [2.75, 3.05) is 5.32 Å². The van der Waals surface area contributed by atoms with Crippen molar-refractivity contribution in [3.8, 4) is 6.07 Å². The molecule has 1 amide bonds. The summed E-state index contributed by atoms with van der Waals surface area (Å²) in [7, 11) is 0. The van der Waals surface area contributed by atoms with Gasteiger partial charge in [-0.2, -0.15) is 5.26 Å². The first kappa shape index (κ1) is 13.8. The molecule has 20 heavy (non-hydrogen) atoms. The van der Waals surface area contributed by atoms with Gasteiger partial charge in [0.1, 0.15) is 0 Å². The van der Waals surface area contributed by atoms with E-state index in [1.807, 2.05) is 44.2 Å². The fraction of sp³-hybridized carbons (Fsp3) is 0.176. The van der Waals surface area contributed by atoms with Crippen LogP contribution in [0.2, 0.25) is 0 Å². The number of hydrogen-bond donors (Lipinski definition) is 1. The van der Waals surface area contributed by atoms with Gasteiger partial charge < -0.3 is 5.32 Å². The second-order valence-electron chi connectivity index (χ2n) is 5.14. The molecule has 0 atom stereocenters. The number of hydrogen-bond acceptors (Lipinski definition) is 2. The van der Waals surface area contributed by atoms with Crippen molar-refractivity contribution >= 4 is 11.6 Å². The summed E-state index contributed by atoms with van der Waals surface area (Å²) in [5, 5.41) is 11.7. The van der Waals surface area contributed by atoms with E-state index in [0.717, 1.165) is 5.56 Å². The molecule has 0 aliphatic rings. The summed E-state index contributed by atoms with van der Waals surface area (Å²) in [6.07, 6.45) is 0.